The number of aryl methyl sites for hydroxylation is 1. The summed E-state index contributed by atoms with van der Waals surface area (Å²) in [4.78, 5) is 12.0. The first-order valence-electron chi connectivity index (χ1n) is 7.45. The van der Waals surface area contributed by atoms with Gasteiger partial charge in [0, 0.05) is 19.1 Å². The second-order valence-corrected chi connectivity index (χ2v) is 5.64. The Morgan fingerprint density at radius 3 is 3.15 bits per heavy atom. The van der Waals surface area contributed by atoms with E-state index in [1.165, 1.54) is 17.5 Å². The second-order valence-electron chi connectivity index (χ2n) is 5.26. The van der Waals surface area contributed by atoms with E-state index >= 15 is 0 Å². The topological polar surface area (TPSA) is 59.0 Å². The molecule has 112 valence electrons. The summed E-state index contributed by atoms with van der Waals surface area (Å²) < 4.78 is 1.44. The Morgan fingerprint density at radius 2 is 2.45 bits per heavy atom. The predicted octanol–water partition coefficient (Wildman–Crippen LogP) is 2.25. The highest BCUT2D eigenvalue weighted by molar-refractivity contribution is 6.32. The third-order valence-electron chi connectivity index (χ3n) is 3.68. The number of hydrogen-bond acceptors (Lipinski definition) is 4. The third-order valence-corrected chi connectivity index (χ3v) is 4.04. The van der Waals surface area contributed by atoms with Crippen LogP contribution < -0.4 is 16.2 Å². The second kappa shape index (κ2) is 7.64. The van der Waals surface area contributed by atoms with Gasteiger partial charge in [-0.05, 0) is 32.2 Å². The molecular formula is C14H23ClN4O. The average molecular weight is 299 g/mol. The molecule has 1 saturated heterocycles. The van der Waals surface area contributed by atoms with Crippen molar-refractivity contribution in [2.45, 2.75) is 51.6 Å². The Hall–Kier alpha value is -1.07. The number of unbranched alkanes of at least 4 members (excludes halogenated alkanes) is 1. The van der Waals surface area contributed by atoms with Gasteiger partial charge in [0.25, 0.3) is 5.56 Å². The molecule has 1 atom stereocenters. The molecule has 0 aliphatic carbocycles. The van der Waals surface area contributed by atoms with Crippen LogP contribution in [0.5, 0.6) is 0 Å². The fraction of sp³-hybridized carbons (Fsp3) is 0.714. The van der Waals surface area contributed by atoms with E-state index in [4.69, 9.17) is 11.6 Å². The number of halogens is 1. The molecule has 6 heteroatoms. The van der Waals surface area contributed by atoms with E-state index < -0.39 is 0 Å². The van der Waals surface area contributed by atoms with Crippen molar-refractivity contribution < 1.29 is 0 Å². The lowest BCUT2D eigenvalue weighted by atomic mass is 10.1. The van der Waals surface area contributed by atoms with Crippen LogP contribution in [-0.2, 0) is 6.54 Å². The number of nitrogens with zero attached hydrogens (tertiary/aromatic N) is 2. The quantitative estimate of drug-likeness (QED) is 0.810. The molecule has 2 heterocycles. The predicted molar refractivity (Wildman–Crippen MR) is 82.5 cm³/mol. The minimum atomic E-state index is -0.205. The highest BCUT2D eigenvalue weighted by atomic mass is 35.5. The largest absolute Gasteiger partial charge is 0.382 e. The molecule has 0 saturated carbocycles. The van der Waals surface area contributed by atoms with Crippen LogP contribution in [0.2, 0.25) is 5.02 Å². The van der Waals surface area contributed by atoms with Crippen molar-refractivity contribution in [2.75, 3.05) is 18.4 Å². The van der Waals surface area contributed by atoms with Gasteiger partial charge < -0.3 is 10.6 Å². The lowest BCUT2D eigenvalue weighted by Gasteiger charge is -2.13. The Bertz CT molecular complexity index is 483. The average Bonchev–Trinajstić information content (AvgIpc) is 2.96. The third kappa shape index (κ3) is 3.96. The van der Waals surface area contributed by atoms with Crippen LogP contribution in [0.3, 0.4) is 0 Å². The van der Waals surface area contributed by atoms with Crippen LogP contribution in [0, 0.1) is 0 Å². The first-order valence-corrected chi connectivity index (χ1v) is 7.83. The van der Waals surface area contributed by atoms with E-state index in [-0.39, 0.29) is 10.6 Å². The van der Waals surface area contributed by atoms with Crippen LogP contribution in [-0.4, -0.2) is 28.9 Å². The maximum Gasteiger partial charge on any atom is 0.287 e. The Morgan fingerprint density at radius 1 is 1.60 bits per heavy atom. The summed E-state index contributed by atoms with van der Waals surface area (Å²) >= 11 is 6.12. The summed E-state index contributed by atoms with van der Waals surface area (Å²) in [5.74, 6) is 0. The Balaban J connectivity index is 1.91. The van der Waals surface area contributed by atoms with Gasteiger partial charge in [-0.3, -0.25) is 4.79 Å². The van der Waals surface area contributed by atoms with Crippen molar-refractivity contribution in [2.24, 2.45) is 0 Å². The molecule has 0 amide bonds. The van der Waals surface area contributed by atoms with Gasteiger partial charge >= 0.3 is 0 Å². The van der Waals surface area contributed by atoms with Crippen LogP contribution in [0.25, 0.3) is 0 Å². The van der Waals surface area contributed by atoms with E-state index in [1.54, 1.807) is 6.20 Å². The van der Waals surface area contributed by atoms with Gasteiger partial charge in [0.1, 0.15) is 5.02 Å². The van der Waals surface area contributed by atoms with Crippen molar-refractivity contribution in [1.29, 1.82) is 0 Å². The van der Waals surface area contributed by atoms with Gasteiger partial charge in [-0.25, -0.2) is 4.68 Å². The summed E-state index contributed by atoms with van der Waals surface area (Å²) in [6, 6.07) is 0.583. The molecule has 1 fully saturated rings. The van der Waals surface area contributed by atoms with E-state index in [1.807, 2.05) is 0 Å². The van der Waals surface area contributed by atoms with E-state index in [9.17, 15) is 4.79 Å². The molecule has 5 nitrogen and oxygen atoms in total. The Labute approximate surface area is 124 Å². The van der Waals surface area contributed by atoms with E-state index in [0.29, 0.717) is 18.3 Å². The van der Waals surface area contributed by atoms with E-state index in [0.717, 1.165) is 32.4 Å². The van der Waals surface area contributed by atoms with E-state index in [2.05, 4.69) is 22.7 Å². The zero-order chi connectivity index (χ0) is 14.4. The molecule has 1 aliphatic rings. The molecule has 0 spiro atoms. The van der Waals surface area contributed by atoms with Crippen molar-refractivity contribution in [3.63, 3.8) is 0 Å². The minimum absolute atomic E-state index is 0.205. The van der Waals surface area contributed by atoms with Gasteiger partial charge in [-0.15, -0.1) is 0 Å². The van der Waals surface area contributed by atoms with Crippen molar-refractivity contribution in [3.8, 4) is 0 Å². The first-order chi connectivity index (χ1) is 9.72. The number of rotatable bonds is 7. The molecular weight excluding hydrogens is 276 g/mol. The monoisotopic (exact) mass is 298 g/mol. The van der Waals surface area contributed by atoms with Gasteiger partial charge in [0.05, 0.1) is 11.9 Å². The lowest BCUT2D eigenvalue weighted by molar-refractivity contribution is 0.542. The number of hydrogen-bond donors (Lipinski definition) is 2. The van der Waals surface area contributed by atoms with Gasteiger partial charge in [0.2, 0.25) is 0 Å². The molecule has 1 aromatic rings. The summed E-state index contributed by atoms with van der Waals surface area (Å²) in [6.45, 7) is 4.62. The zero-order valence-electron chi connectivity index (χ0n) is 12.0. The molecule has 0 radical (unpaired) electrons. The molecule has 1 aliphatic heterocycles. The number of nitrogens with one attached hydrogen (secondary N) is 2. The van der Waals surface area contributed by atoms with Crippen LogP contribution in [0.1, 0.15) is 39.0 Å². The zero-order valence-corrected chi connectivity index (χ0v) is 12.7. The molecule has 0 unspecified atom stereocenters. The van der Waals surface area contributed by atoms with Gasteiger partial charge in [-0.2, -0.15) is 5.10 Å². The van der Waals surface area contributed by atoms with Crippen molar-refractivity contribution in [1.82, 2.24) is 15.1 Å². The number of anilines is 1. The fourth-order valence-corrected chi connectivity index (χ4v) is 2.65. The smallest absolute Gasteiger partial charge is 0.287 e. The molecule has 2 N–H and O–H groups in total. The fourth-order valence-electron chi connectivity index (χ4n) is 2.44. The molecule has 0 aromatic carbocycles. The summed E-state index contributed by atoms with van der Waals surface area (Å²) in [7, 11) is 0. The number of aromatic nitrogens is 2. The van der Waals surface area contributed by atoms with Crippen molar-refractivity contribution >= 4 is 17.3 Å². The summed E-state index contributed by atoms with van der Waals surface area (Å²) in [5, 5.41) is 11.1. The normalized spacial score (nSPS) is 18.4. The first kappa shape index (κ1) is 15.3. The lowest BCUT2D eigenvalue weighted by Crippen LogP contribution is -2.26. The summed E-state index contributed by atoms with van der Waals surface area (Å²) in [5.41, 5.74) is 0.437. The van der Waals surface area contributed by atoms with Gasteiger partial charge in [-0.1, -0.05) is 24.9 Å². The van der Waals surface area contributed by atoms with Crippen LogP contribution in [0.15, 0.2) is 11.0 Å². The molecule has 2 rings (SSSR count). The molecule has 1 aromatic heterocycles. The maximum absolute atomic E-state index is 12.0. The van der Waals surface area contributed by atoms with Crippen molar-refractivity contribution in [3.05, 3.63) is 21.6 Å². The SMILES string of the molecule is CCCCn1ncc(NCC[C@@H]2CCCN2)c(Cl)c1=O. The molecule has 20 heavy (non-hydrogen) atoms. The highest BCUT2D eigenvalue weighted by Gasteiger charge is 2.14. The molecule has 0 bridgehead atoms. The van der Waals surface area contributed by atoms with Gasteiger partial charge in [0.15, 0.2) is 0 Å². The standard InChI is InChI=1S/C14H23ClN4O/c1-2-3-9-19-14(20)13(15)12(10-18-19)17-8-6-11-5-4-7-16-11/h10-11,16-17H,2-9H2,1H3/t11-/m0/s1. The van der Waals surface area contributed by atoms with Crippen LogP contribution in [0.4, 0.5) is 5.69 Å². The maximum atomic E-state index is 12.0. The highest BCUT2D eigenvalue weighted by Crippen LogP contribution is 2.16. The van der Waals surface area contributed by atoms with Crippen LogP contribution >= 0.6 is 11.6 Å². The summed E-state index contributed by atoms with van der Waals surface area (Å²) in [6.07, 6.45) is 7.13. The minimum Gasteiger partial charge on any atom is -0.382 e. The Kier molecular flexibility index (Phi) is 5.86.